The monoisotopic (exact) mass is 317 g/mol. The van der Waals surface area contributed by atoms with Crippen molar-refractivity contribution in [1.82, 2.24) is 19.8 Å². The highest BCUT2D eigenvalue weighted by molar-refractivity contribution is 5.76. The maximum absolute atomic E-state index is 12.1. The lowest BCUT2D eigenvalue weighted by Gasteiger charge is -2.40. The number of rotatable bonds is 3. The van der Waals surface area contributed by atoms with Gasteiger partial charge in [-0.3, -0.25) is 4.79 Å². The fourth-order valence-corrected chi connectivity index (χ4v) is 3.26. The van der Waals surface area contributed by atoms with Crippen molar-refractivity contribution < 1.29 is 9.53 Å². The molecule has 0 aromatic carbocycles. The molecule has 23 heavy (non-hydrogen) atoms. The number of fused-ring (bicyclic) bond motifs is 1. The minimum atomic E-state index is -0.496. The van der Waals surface area contributed by atoms with Crippen LogP contribution >= 0.6 is 0 Å². The first-order valence-electron chi connectivity index (χ1n) is 7.96. The third-order valence-electron chi connectivity index (χ3n) is 4.88. The van der Waals surface area contributed by atoms with Crippen molar-refractivity contribution >= 4 is 17.4 Å². The Bertz CT molecular complexity index is 724. The standard InChI is InChI=1S/C16H23N5O2/c1-11-17-18-13-7-8-14(19-21(11)13)20-9-5-6-12(10-20)16(2,3)15(22)23-4/h7-8,12H,5-6,9-10H2,1-4H3. The zero-order valence-corrected chi connectivity index (χ0v) is 14.1. The van der Waals surface area contributed by atoms with Gasteiger partial charge in [0.15, 0.2) is 11.5 Å². The molecule has 0 spiro atoms. The minimum absolute atomic E-state index is 0.151. The van der Waals surface area contributed by atoms with Gasteiger partial charge in [-0.2, -0.15) is 4.52 Å². The number of esters is 1. The number of hydrogen-bond acceptors (Lipinski definition) is 6. The first-order valence-corrected chi connectivity index (χ1v) is 7.96. The summed E-state index contributed by atoms with van der Waals surface area (Å²) in [5, 5.41) is 12.7. The van der Waals surface area contributed by atoms with Gasteiger partial charge in [-0.15, -0.1) is 15.3 Å². The summed E-state index contributed by atoms with van der Waals surface area (Å²) in [4.78, 5) is 14.3. The number of hydrogen-bond donors (Lipinski definition) is 0. The van der Waals surface area contributed by atoms with Gasteiger partial charge in [-0.25, -0.2) is 0 Å². The summed E-state index contributed by atoms with van der Waals surface area (Å²) < 4.78 is 6.73. The van der Waals surface area contributed by atoms with E-state index in [1.54, 1.807) is 4.52 Å². The topological polar surface area (TPSA) is 72.6 Å². The van der Waals surface area contributed by atoms with Crippen molar-refractivity contribution in [3.63, 3.8) is 0 Å². The molecule has 2 aromatic heterocycles. The van der Waals surface area contributed by atoms with Crippen molar-refractivity contribution in [2.75, 3.05) is 25.1 Å². The minimum Gasteiger partial charge on any atom is -0.469 e. The Kier molecular flexibility index (Phi) is 3.95. The van der Waals surface area contributed by atoms with E-state index in [0.717, 1.165) is 43.2 Å². The fraction of sp³-hybridized carbons (Fsp3) is 0.625. The van der Waals surface area contributed by atoms with Crippen LogP contribution in [0.4, 0.5) is 5.82 Å². The van der Waals surface area contributed by atoms with Crippen LogP contribution in [-0.4, -0.2) is 46.0 Å². The molecule has 0 radical (unpaired) electrons. The average molecular weight is 317 g/mol. The third-order valence-corrected chi connectivity index (χ3v) is 4.88. The molecule has 0 N–H and O–H groups in total. The van der Waals surface area contributed by atoms with E-state index in [1.165, 1.54) is 7.11 Å². The number of aromatic nitrogens is 4. The molecule has 0 saturated carbocycles. The van der Waals surface area contributed by atoms with Gasteiger partial charge in [0.05, 0.1) is 12.5 Å². The van der Waals surface area contributed by atoms with E-state index in [1.807, 2.05) is 32.9 Å². The quantitative estimate of drug-likeness (QED) is 0.805. The Labute approximate surface area is 135 Å². The first-order chi connectivity index (χ1) is 10.9. The third kappa shape index (κ3) is 2.75. The van der Waals surface area contributed by atoms with Crippen LogP contribution in [0, 0.1) is 18.3 Å². The number of anilines is 1. The molecule has 0 bridgehead atoms. The second-order valence-electron chi connectivity index (χ2n) is 6.71. The lowest BCUT2D eigenvalue weighted by atomic mass is 9.74. The second-order valence-corrected chi connectivity index (χ2v) is 6.71. The molecule has 0 aliphatic carbocycles. The molecule has 7 nitrogen and oxygen atoms in total. The largest absolute Gasteiger partial charge is 0.469 e. The van der Waals surface area contributed by atoms with Crippen molar-refractivity contribution in [3.05, 3.63) is 18.0 Å². The Hall–Kier alpha value is -2.18. The summed E-state index contributed by atoms with van der Waals surface area (Å²) >= 11 is 0. The lowest BCUT2D eigenvalue weighted by Crippen LogP contribution is -2.45. The molecule has 7 heteroatoms. The molecule has 1 aliphatic heterocycles. The summed E-state index contributed by atoms with van der Waals surface area (Å²) in [5.74, 6) is 1.75. The molecule has 1 aliphatic rings. The van der Waals surface area contributed by atoms with Crippen LogP contribution in [0.1, 0.15) is 32.5 Å². The summed E-state index contributed by atoms with van der Waals surface area (Å²) in [5.41, 5.74) is 0.249. The fourth-order valence-electron chi connectivity index (χ4n) is 3.26. The normalized spacial score (nSPS) is 19.1. The Morgan fingerprint density at radius 1 is 1.35 bits per heavy atom. The number of piperidine rings is 1. The van der Waals surface area contributed by atoms with E-state index >= 15 is 0 Å². The maximum Gasteiger partial charge on any atom is 0.311 e. The highest BCUT2D eigenvalue weighted by Crippen LogP contribution is 2.36. The van der Waals surface area contributed by atoms with Crippen molar-refractivity contribution in [2.45, 2.75) is 33.6 Å². The average Bonchev–Trinajstić information content (AvgIpc) is 2.94. The summed E-state index contributed by atoms with van der Waals surface area (Å²) in [6, 6.07) is 3.90. The molecule has 3 rings (SSSR count). The molecule has 1 atom stereocenters. The molecule has 1 unspecified atom stereocenters. The SMILES string of the molecule is COC(=O)C(C)(C)C1CCCN(c2ccc3nnc(C)n3n2)C1. The molecular formula is C16H23N5O2. The van der Waals surface area contributed by atoms with E-state index < -0.39 is 5.41 Å². The predicted octanol–water partition coefficient (Wildman–Crippen LogP) is 1.85. The number of carbonyl (C=O) groups is 1. The molecule has 124 valence electrons. The van der Waals surface area contributed by atoms with E-state index in [9.17, 15) is 4.79 Å². The lowest BCUT2D eigenvalue weighted by molar-refractivity contribution is -0.154. The second kappa shape index (κ2) is 5.79. The van der Waals surface area contributed by atoms with E-state index in [0.29, 0.717) is 0 Å². The van der Waals surface area contributed by atoms with Gasteiger partial charge in [-0.05, 0) is 51.7 Å². The van der Waals surface area contributed by atoms with Gasteiger partial charge in [0.25, 0.3) is 0 Å². The summed E-state index contributed by atoms with van der Waals surface area (Å²) in [7, 11) is 1.45. The van der Waals surface area contributed by atoms with Crippen LogP contribution in [0.15, 0.2) is 12.1 Å². The number of aryl methyl sites for hydroxylation is 1. The van der Waals surface area contributed by atoms with Crippen LogP contribution in [0.5, 0.6) is 0 Å². The molecule has 1 saturated heterocycles. The maximum atomic E-state index is 12.1. The zero-order valence-electron chi connectivity index (χ0n) is 14.1. The molecule has 1 fully saturated rings. The number of carbonyl (C=O) groups excluding carboxylic acids is 1. The van der Waals surface area contributed by atoms with Crippen molar-refractivity contribution in [3.8, 4) is 0 Å². The van der Waals surface area contributed by atoms with Crippen LogP contribution in [-0.2, 0) is 9.53 Å². The molecule has 0 amide bonds. The van der Waals surface area contributed by atoms with Crippen LogP contribution < -0.4 is 4.90 Å². The Morgan fingerprint density at radius 2 is 2.13 bits per heavy atom. The Balaban J connectivity index is 1.85. The van der Waals surface area contributed by atoms with E-state index in [2.05, 4.69) is 20.2 Å². The van der Waals surface area contributed by atoms with E-state index in [-0.39, 0.29) is 11.9 Å². The smallest absolute Gasteiger partial charge is 0.311 e. The zero-order chi connectivity index (χ0) is 16.6. The van der Waals surface area contributed by atoms with Gasteiger partial charge in [0, 0.05) is 13.1 Å². The highest BCUT2D eigenvalue weighted by atomic mass is 16.5. The van der Waals surface area contributed by atoms with E-state index in [4.69, 9.17) is 4.74 Å². The van der Waals surface area contributed by atoms with Gasteiger partial charge in [0.2, 0.25) is 0 Å². The number of ether oxygens (including phenoxy) is 1. The number of nitrogens with zero attached hydrogens (tertiary/aromatic N) is 5. The predicted molar refractivity (Wildman–Crippen MR) is 86.3 cm³/mol. The van der Waals surface area contributed by atoms with Crippen LogP contribution in [0.3, 0.4) is 0 Å². The molecule has 2 aromatic rings. The molecular weight excluding hydrogens is 294 g/mol. The van der Waals surface area contributed by atoms with Crippen LogP contribution in [0.25, 0.3) is 5.65 Å². The van der Waals surface area contributed by atoms with Crippen molar-refractivity contribution in [1.29, 1.82) is 0 Å². The van der Waals surface area contributed by atoms with Gasteiger partial charge in [-0.1, -0.05) is 0 Å². The van der Waals surface area contributed by atoms with Gasteiger partial charge < -0.3 is 9.64 Å². The highest BCUT2D eigenvalue weighted by Gasteiger charge is 2.40. The Morgan fingerprint density at radius 3 is 2.87 bits per heavy atom. The summed E-state index contributed by atoms with van der Waals surface area (Å²) in [6.45, 7) is 7.55. The molecule has 3 heterocycles. The first kappa shape index (κ1) is 15.7. The summed E-state index contributed by atoms with van der Waals surface area (Å²) in [6.07, 6.45) is 2.05. The van der Waals surface area contributed by atoms with Crippen molar-refractivity contribution in [2.24, 2.45) is 11.3 Å². The van der Waals surface area contributed by atoms with Gasteiger partial charge in [0.1, 0.15) is 5.82 Å². The number of methoxy groups -OCH3 is 1. The van der Waals surface area contributed by atoms with Crippen LogP contribution in [0.2, 0.25) is 0 Å². The van der Waals surface area contributed by atoms with Gasteiger partial charge >= 0.3 is 5.97 Å².